The van der Waals surface area contributed by atoms with Crippen molar-refractivity contribution in [3.63, 3.8) is 0 Å². The van der Waals surface area contributed by atoms with Crippen LogP contribution in [0, 0.1) is 5.82 Å². The van der Waals surface area contributed by atoms with Crippen LogP contribution < -0.4 is 10.6 Å². The van der Waals surface area contributed by atoms with E-state index in [9.17, 15) is 14.0 Å². The fourth-order valence-electron chi connectivity index (χ4n) is 3.55. The van der Waals surface area contributed by atoms with Crippen molar-refractivity contribution in [1.29, 1.82) is 0 Å². The Hall–Kier alpha value is -3.98. The third-order valence-electron chi connectivity index (χ3n) is 5.33. The number of amides is 3. The number of thioether (sulfide) groups is 1. The molecule has 0 aliphatic carbocycles. The van der Waals surface area contributed by atoms with Crippen molar-refractivity contribution in [3.8, 4) is 11.4 Å². The first-order valence-corrected chi connectivity index (χ1v) is 11.9. The minimum absolute atomic E-state index is 0.325. The summed E-state index contributed by atoms with van der Waals surface area (Å²) in [5.41, 5.74) is 2.13. The second-order valence-corrected chi connectivity index (χ2v) is 8.72. The van der Waals surface area contributed by atoms with Gasteiger partial charge in [0.05, 0.1) is 5.56 Å². The van der Waals surface area contributed by atoms with E-state index < -0.39 is 23.0 Å². The number of hydrogen-bond acceptors (Lipinski definition) is 5. The average Bonchev–Trinajstić information content (AvgIpc) is 3.29. The standard InChI is InChI=1S/C26H24FN5O2S/c1-28-25(34)29-24(33)22(19-12-6-3-7-13-19)35-26-31-30-23(20-14-8-9-15-21(20)27)32(26)17-16-18-10-4-2-5-11-18/h2-15,22H,16-17H2,1H3,(H2,28,29,33,34)/t22-/m0/s1. The number of imide groups is 1. The number of nitrogens with zero attached hydrogens (tertiary/aromatic N) is 3. The summed E-state index contributed by atoms with van der Waals surface area (Å²) in [5, 5.41) is 13.0. The van der Waals surface area contributed by atoms with Crippen molar-refractivity contribution in [1.82, 2.24) is 25.4 Å². The number of aryl methyl sites for hydroxylation is 1. The van der Waals surface area contributed by atoms with Gasteiger partial charge in [0.15, 0.2) is 11.0 Å². The molecule has 1 aromatic heterocycles. The van der Waals surface area contributed by atoms with E-state index in [1.54, 1.807) is 18.2 Å². The van der Waals surface area contributed by atoms with Gasteiger partial charge in [-0.3, -0.25) is 10.1 Å². The monoisotopic (exact) mass is 489 g/mol. The van der Waals surface area contributed by atoms with E-state index in [1.165, 1.54) is 13.1 Å². The molecule has 2 N–H and O–H groups in total. The highest BCUT2D eigenvalue weighted by Gasteiger charge is 2.27. The van der Waals surface area contributed by atoms with Crippen molar-refractivity contribution in [3.05, 3.63) is 102 Å². The maximum absolute atomic E-state index is 14.7. The summed E-state index contributed by atoms with van der Waals surface area (Å²) in [7, 11) is 1.44. The molecule has 0 unspecified atom stereocenters. The molecule has 3 amide bonds. The second-order valence-electron chi connectivity index (χ2n) is 7.65. The Bertz CT molecular complexity index is 1300. The maximum atomic E-state index is 14.7. The molecule has 1 heterocycles. The van der Waals surface area contributed by atoms with Crippen molar-refractivity contribution >= 4 is 23.7 Å². The Kier molecular flexibility index (Phi) is 7.89. The SMILES string of the molecule is CNC(=O)NC(=O)[C@@H](Sc1nnc(-c2ccccc2F)n1CCc1ccccc1)c1ccccc1. The number of carbonyl (C=O) groups excluding carboxylic acids is 2. The fourth-order valence-corrected chi connectivity index (χ4v) is 4.61. The smallest absolute Gasteiger partial charge is 0.321 e. The Morgan fingerprint density at radius 3 is 2.29 bits per heavy atom. The molecule has 4 rings (SSSR count). The van der Waals surface area contributed by atoms with E-state index in [0.29, 0.717) is 35.1 Å². The number of benzene rings is 3. The zero-order valence-corrected chi connectivity index (χ0v) is 19.8. The molecule has 4 aromatic rings. The molecular weight excluding hydrogens is 465 g/mol. The predicted octanol–water partition coefficient (Wildman–Crippen LogP) is 4.62. The van der Waals surface area contributed by atoms with E-state index in [2.05, 4.69) is 20.8 Å². The molecule has 0 radical (unpaired) electrons. The Morgan fingerprint density at radius 2 is 1.60 bits per heavy atom. The van der Waals surface area contributed by atoms with Crippen LogP contribution in [0.15, 0.2) is 90.1 Å². The molecule has 178 valence electrons. The minimum Gasteiger partial charge on any atom is -0.341 e. The van der Waals surface area contributed by atoms with Gasteiger partial charge in [-0.25, -0.2) is 9.18 Å². The number of aromatic nitrogens is 3. The summed E-state index contributed by atoms with van der Waals surface area (Å²) >= 11 is 1.16. The van der Waals surface area contributed by atoms with Gasteiger partial charge in [-0.1, -0.05) is 84.6 Å². The summed E-state index contributed by atoms with van der Waals surface area (Å²) in [6.45, 7) is 0.474. The molecule has 7 nitrogen and oxygen atoms in total. The third kappa shape index (κ3) is 5.93. The molecular formula is C26H24FN5O2S. The lowest BCUT2D eigenvalue weighted by molar-refractivity contribution is -0.119. The molecule has 0 saturated heterocycles. The molecule has 0 aliphatic heterocycles. The quantitative estimate of drug-likeness (QED) is 0.353. The summed E-state index contributed by atoms with van der Waals surface area (Å²) in [4.78, 5) is 24.9. The second kappa shape index (κ2) is 11.4. The number of carbonyl (C=O) groups is 2. The van der Waals surface area contributed by atoms with Gasteiger partial charge >= 0.3 is 6.03 Å². The van der Waals surface area contributed by atoms with Crippen LogP contribution in [0.5, 0.6) is 0 Å². The summed E-state index contributed by atoms with van der Waals surface area (Å²) in [5.74, 6) is -0.528. The highest BCUT2D eigenvalue weighted by atomic mass is 32.2. The molecule has 9 heteroatoms. The summed E-state index contributed by atoms with van der Waals surface area (Å²) in [6.07, 6.45) is 0.661. The zero-order valence-electron chi connectivity index (χ0n) is 19.0. The van der Waals surface area contributed by atoms with Gasteiger partial charge in [0.25, 0.3) is 0 Å². The molecule has 3 aromatic carbocycles. The van der Waals surface area contributed by atoms with E-state index in [1.807, 2.05) is 65.2 Å². The number of hydrogen-bond donors (Lipinski definition) is 2. The van der Waals surface area contributed by atoms with Crippen LogP contribution in [-0.2, 0) is 17.8 Å². The highest BCUT2D eigenvalue weighted by Crippen LogP contribution is 2.36. The van der Waals surface area contributed by atoms with Gasteiger partial charge in [0.1, 0.15) is 11.1 Å². The summed E-state index contributed by atoms with van der Waals surface area (Å²) in [6, 6.07) is 24.8. The molecule has 0 bridgehead atoms. The number of urea groups is 1. The normalized spacial score (nSPS) is 11.6. The lowest BCUT2D eigenvalue weighted by Crippen LogP contribution is -2.39. The Morgan fingerprint density at radius 1 is 0.943 bits per heavy atom. The number of rotatable bonds is 8. The molecule has 0 fully saturated rings. The molecule has 0 saturated carbocycles. The van der Waals surface area contributed by atoms with Gasteiger partial charge in [-0.15, -0.1) is 10.2 Å². The third-order valence-corrected chi connectivity index (χ3v) is 6.56. The van der Waals surface area contributed by atoms with Gasteiger partial charge in [0, 0.05) is 13.6 Å². The zero-order chi connectivity index (χ0) is 24.6. The van der Waals surface area contributed by atoms with Crippen molar-refractivity contribution < 1.29 is 14.0 Å². The van der Waals surface area contributed by atoms with Crippen LogP contribution in [0.25, 0.3) is 11.4 Å². The minimum atomic E-state index is -0.776. The van der Waals surface area contributed by atoms with E-state index in [-0.39, 0.29) is 0 Å². The first-order chi connectivity index (χ1) is 17.1. The lowest BCUT2D eigenvalue weighted by Gasteiger charge is -2.17. The van der Waals surface area contributed by atoms with Crippen molar-refractivity contribution in [2.24, 2.45) is 0 Å². The Balaban J connectivity index is 1.71. The topological polar surface area (TPSA) is 88.9 Å². The number of halogens is 1. The van der Waals surface area contributed by atoms with Crippen molar-refractivity contribution in [2.75, 3.05) is 7.05 Å². The summed E-state index contributed by atoms with van der Waals surface area (Å²) < 4.78 is 16.5. The van der Waals surface area contributed by atoms with Crippen LogP contribution in [0.3, 0.4) is 0 Å². The Labute approximate surface area is 206 Å². The molecule has 0 spiro atoms. The van der Waals surface area contributed by atoms with Gasteiger partial charge in [0.2, 0.25) is 5.91 Å². The van der Waals surface area contributed by atoms with Crippen molar-refractivity contribution in [2.45, 2.75) is 23.4 Å². The van der Waals surface area contributed by atoms with Crippen LogP contribution in [0.2, 0.25) is 0 Å². The van der Waals surface area contributed by atoms with Crippen LogP contribution in [0.1, 0.15) is 16.4 Å². The van der Waals surface area contributed by atoms with E-state index >= 15 is 0 Å². The first-order valence-electron chi connectivity index (χ1n) is 11.0. The lowest BCUT2D eigenvalue weighted by atomic mass is 10.1. The number of nitrogens with one attached hydrogen (secondary N) is 2. The van der Waals surface area contributed by atoms with E-state index in [4.69, 9.17) is 0 Å². The first kappa shape index (κ1) is 24.2. The van der Waals surface area contributed by atoms with Crippen LogP contribution in [0.4, 0.5) is 9.18 Å². The maximum Gasteiger partial charge on any atom is 0.321 e. The highest BCUT2D eigenvalue weighted by molar-refractivity contribution is 8.00. The molecule has 0 aliphatic rings. The van der Waals surface area contributed by atoms with Crippen LogP contribution in [-0.4, -0.2) is 33.8 Å². The average molecular weight is 490 g/mol. The van der Waals surface area contributed by atoms with Gasteiger partial charge < -0.3 is 9.88 Å². The molecule has 1 atom stereocenters. The molecule has 35 heavy (non-hydrogen) atoms. The van der Waals surface area contributed by atoms with Gasteiger partial charge in [-0.2, -0.15) is 0 Å². The fraction of sp³-hybridized carbons (Fsp3) is 0.154. The van der Waals surface area contributed by atoms with Crippen LogP contribution >= 0.6 is 11.8 Å². The van der Waals surface area contributed by atoms with Gasteiger partial charge in [-0.05, 0) is 29.7 Å². The largest absolute Gasteiger partial charge is 0.341 e. The predicted molar refractivity (Wildman–Crippen MR) is 133 cm³/mol. The van der Waals surface area contributed by atoms with E-state index in [0.717, 1.165) is 17.3 Å².